The molecule has 0 saturated heterocycles. The van der Waals surface area contributed by atoms with Crippen molar-refractivity contribution in [3.63, 3.8) is 0 Å². The molecular weight excluding hydrogens is 208 g/mol. The SMILES string of the molecule is CCN(C(C)C)C(NC(C)C)c1ccccc1. The van der Waals surface area contributed by atoms with Crippen LogP contribution in [-0.4, -0.2) is 23.5 Å². The monoisotopic (exact) mass is 234 g/mol. The Morgan fingerprint density at radius 1 is 1.06 bits per heavy atom. The Morgan fingerprint density at radius 3 is 2.06 bits per heavy atom. The van der Waals surface area contributed by atoms with Crippen LogP contribution in [0.5, 0.6) is 0 Å². The van der Waals surface area contributed by atoms with E-state index in [9.17, 15) is 0 Å². The number of rotatable bonds is 6. The molecule has 2 heteroatoms. The highest BCUT2D eigenvalue weighted by molar-refractivity contribution is 5.18. The van der Waals surface area contributed by atoms with Gasteiger partial charge < -0.3 is 0 Å². The Hall–Kier alpha value is -0.860. The summed E-state index contributed by atoms with van der Waals surface area (Å²) in [6.45, 7) is 12.2. The maximum atomic E-state index is 3.65. The van der Waals surface area contributed by atoms with Gasteiger partial charge in [-0.2, -0.15) is 0 Å². The van der Waals surface area contributed by atoms with E-state index in [2.05, 4.69) is 75.2 Å². The summed E-state index contributed by atoms with van der Waals surface area (Å²) in [6, 6.07) is 11.7. The molecule has 1 atom stereocenters. The van der Waals surface area contributed by atoms with E-state index < -0.39 is 0 Å². The molecule has 0 amide bonds. The molecule has 0 aliphatic rings. The first kappa shape index (κ1) is 14.2. The fourth-order valence-electron chi connectivity index (χ4n) is 2.18. The largest absolute Gasteiger partial charge is 0.296 e. The van der Waals surface area contributed by atoms with Gasteiger partial charge in [-0.15, -0.1) is 0 Å². The van der Waals surface area contributed by atoms with E-state index in [1.54, 1.807) is 0 Å². The minimum atomic E-state index is 0.307. The predicted octanol–water partition coefficient (Wildman–Crippen LogP) is 3.41. The zero-order valence-corrected chi connectivity index (χ0v) is 11.8. The van der Waals surface area contributed by atoms with Gasteiger partial charge >= 0.3 is 0 Å². The van der Waals surface area contributed by atoms with E-state index in [1.807, 2.05) is 0 Å². The number of benzene rings is 1. The van der Waals surface area contributed by atoms with Crippen LogP contribution in [0.4, 0.5) is 0 Å². The van der Waals surface area contributed by atoms with Gasteiger partial charge in [0.05, 0.1) is 6.17 Å². The van der Waals surface area contributed by atoms with Crippen molar-refractivity contribution in [2.45, 2.75) is 52.9 Å². The van der Waals surface area contributed by atoms with Gasteiger partial charge in [0, 0.05) is 12.1 Å². The van der Waals surface area contributed by atoms with E-state index in [1.165, 1.54) is 5.56 Å². The molecule has 1 N–H and O–H groups in total. The van der Waals surface area contributed by atoms with Crippen LogP contribution in [0, 0.1) is 0 Å². The topological polar surface area (TPSA) is 15.3 Å². The van der Waals surface area contributed by atoms with Crippen LogP contribution in [0.1, 0.15) is 46.3 Å². The number of hydrogen-bond donors (Lipinski definition) is 1. The van der Waals surface area contributed by atoms with Crippen LogP contribution < -0.4 is 5.32 Å². The maximum Gasteiger partial charge on any atom is 0.0864 e. The van der Waals surface area contributed by atoms with E-state index >= 15 is 0 Å². The zero-order chi connectivity index (χ0) is 12.8. The van der Waals surface area contributed by atoms with Crippen LogP contribution >= 0.6 is 0 Å². The molecule has 0 bridgehead atoms. The molecule has 1 rings (SSSR count). The number of hydrogen-bond acceptors (Lipinski definition) is 2. The molecule has 0 saturated carbocycles. The maximum absolute atomic E-state index is 3.65. The number of nitrogens with zero attached hydrogens (tertiary/aromatic N) is 1. The third-order valence-electron chi connectivity index (χ3n) is 2.97. The van der Waals surface area contributed by atoms with Crippen LogP contribution in [0.3, 0.4) is 0 Å². The highest BCUT2D eigenvalue weighted by Crippen LogP contribution is 2.20. The van der Waals surface area contributed by atoms with Crippen LogP contribution in [0.25, 0.3) is 0 Å². The van der Waals surface area contributed by atoms with Crippen LogP contribution in [0.2, 0.25) is 0 Å². The molecular formula is C15H26N2. The molecule has 0 aliphatic carbocycles. The van der Waals surface area contributed by atoms with Crippen molar-refractivity contribution in [2.24, 2.45) is 0 Å². The summed E-state index contributed by atoms with van der Waals surface area (Å²) in [5.74, 6) is 0. The molecule has 96 valence electrons. The lowest BCUT2D eigenvalue weighted by molar-refractivity contribution is 0.127. The third kappa shape index (κ3) is 4.14. The van der Waals surface area contributed by atoms with Crippen molar-refractivity contribution in [3.8, 4) is 0 Å². The minimum absolute atomic E-state index is 0.307. The van der Waals surface area contributed by atoms with Crippen LogP contribution in [-0.2, 0) is 0 Å². The molecule has 1 aromatic rings. The highest BCUT2D eigenvalue weighted by Gasteiger charge is 2.21. The summed E-state index contributed by atoms with van der Waals surface area (Å²) in [4.78, 5) is 2.48. The van der Waals surface area contributed by atoms with Crippen molar-refractivity contribution in [3.05, 3.63) is 35.9 Å². The summed E-state index contributed by atoms with van der Waals surface area (Å²) < 4.78 is 0. The first-order chi connectivity index (χ1) is 8.06. The number of nitrogens with one attached hydrogen (secondary N) is 1. The summed E-state index contributed by atoms with van der Waals surface area (Å²) in [5.41, 5.74) is 1.34. The Balaban J connectivity index is 2.94. The van der Waals surface area contributed by atoms with Gasteiger partial charge in [-0.1, -0.05) is 37.3 Å². The van der Waals surface area contributed by atoms with E-state index in [0.717, 1.165) is 6.54 Å². The lowest BCUT2D eigenvalue weighted by Gasteiger charge is -2.36. The molecule has 0 aromatic heterocycles. The van der Waals surface area contributed by atoms with Gasteiger partial charge in [-0.05, 0) is 39.8 Å². The lowest BCUT2D eigenvalue weighted by atomic mass is 10.1. The third-order valence-corrected chi connectivity index (χ3v) is 2.97. The first-order valence-corrected chi connectivity index (χ1v) is 6.63. The summed E-state index contributed by atoms with van der Waals surface area (Å²) in [5, 5.41) is 3.65. The summed E-state index contributed by atoms with van der Waals surface area (Å²) >= 11 is 0. The molecule has 2 nitrogen and oxygen atoms in total. The van der Waals surface area contributed by atoms with E-state index in [-0.39, 0.29) is 0 Å². The quantitative estimate of drug-likeness (QED) is 0.759. The average molecular weight is 234 g/mol. The fraction of sp³-hybridized carbons (Fsp3) is 0.600. The smallest absolute Gasteiger partial charge is 0.0864 e. The summed E-state index contributed by atoms with van der Waals surface area (Å²) in [6.07, 6.45) is 0.307. The van der Waals surface area contributed by atoms with E-state index in [0.29, 0.717) is 18.2 Å². The van der Waals surface area contributed by atoms with Crippen molar-refractivity contribution >= 4 is 0 Å². The molecule has 17 heavy (non-hydrogen) atoms. The summed E-state index contributed by atoms with van der Waals surface area (Å²) in [7, 11) is 0. The molecule has 0 fully saturated rings. The molecule has 0 radical (unpaired) electrons. The normalized spacial score (nSPS) is 13.6. The fourth-order valence-corrected chi connectivity index (χ4v) is 2.18. The second-order valence-corrected chi connectivity index (χ2v) is 5.06. The average Bonchev–Trinajstić information content (AvgIpc) is 2.29. The molecule has 0 heterocycles. The molecule has 0 spiro atoms. The van der Waals surface area contributed by atoms with Gasteiger partial charge in [0.2, 0.25) is 0 Å². The standard InChI is InChI=1S/C15H26N2/c1-6-17(13(4)5)15(16-12(2)3)14-10-8-7-9-11-14/h7-13,15-16H,6H2,1-5H3. The van der Waals surface area contributed by atoms with Crippen molar-refractivity contribution in [2.75, 3.05) is 6.54 Å². The van der Waals surface area contributed by atoms with Gasteiger partial charge in [0.1, 0.15) is 0 Å². The Morgan fingerprint density at radius 2 is 1.65 bits per heavy atom. The van der Waals surface area contributed by atoms with E-state index in [4.69, 9.17) is 0 Å². The second-order valence-electron chi connectivity index (χ2n) is 5.06. The van der Waals surface area contributed by atoms with Crippen LogP contribution in [0.15, 0.2) is 30.3 Å². The van der Waals surface area contributed by atoms with Gasteiger partial charge in [0.25, 0.3) is 0 Å². The van der Waals surface area contributed by atoms with Gasteiger partial charge in [-0.3, -0.25) is 10.2 Å². The van der Waals surface area contributed by atoms with Gasteiger partial charge in [-0.25, -0.2) is 0 Å². The van der Waals surface area contributed by atoms with Crippen molar-refractivity contribution in [1.82, 2.24) is 10.2 Å². The Bertz CT molecular complexity index is 306. The van der Waals surface area contributed by atoms with Gasteiger partial charge in [0.15, 0.2) is 0 Å². The first-order valence-electron chi connectivity index (χ1n) is 6.63. The highest BCUT2D eigenvalue weighted by atomic mass is 15.3. The second kappa shape index (κ2) is 6.77. The minimum Gasteiger partial charge on any atom is -0.296 e. The van der Waals surface area contributed by atoms with Crippen molar-refractivity contribution in [1.29, 1.82) is 0 Å². The predicted molar refractivity (Wildman–Crippen MR) is 75.0 cm³/mol. The lowest BCUT2D eigenvalue weighted by Crippen LogP contribution is -2.44. The molecule has 1 aromatic carbocycles. The molecule has 0 aliphatic heterocycles. The Kier molecular flexibility index (Phi) is 5.66. The Labute approximate surface area is 106 Å². The zero-order valence-electron chi connectivity index (χ0n) is 11.8. The van der Waals surface area contributed by atoms with Crippen molar-refractivity contribution < 1.29 is 0 Å². The molecule has 1 unspecified atom stereocenters.